The summed E-state index contributed by atoms with van der Waals surface area (Å²) >= 11 is 0. The first kappa shape index (κ1) is 36.9. The zero-order valence-electron chi connectivity index (χ0n) is 33.2. The van der Waals surface area contributed by atoms with Crippen molar-refractivity contribution in [2.45, 2.75) is 38.5 Å². The van der Waals surface area contributed by atoms with Gasteiger partial charge in [-0.15, -0.1) is 0 Å². The molecular formula is C54H42N6. The van der Waals surface area contributed by atoms with Crippen LogP contribution in [0, 0.1) is 0 Å². The van der Waals surface area contributed by atoms with Gasteiger partial charge in [0.05, 0.1) is 17.1 Å². The molecule has 2 aliphatic carbocycles. The molecule has 10 rings (SSSR count). The Hall–Kier alpha value is -7.44. The van der Waals surface area contributed by atoms with E-state index in [4.69, 9.17) is 24.9 Å². The minimum absolute atomic E-state index is 0.668. The molecule has 3 heterocycles. The quantitative estimate of drug-likeness (QED) is 0.146. The maximum atomic E-state index is 5.18. The average molecular weight is 775 g/mol. The number of aliphatic imine (C=N–C) groups is 1. The van der Waals surface area contributed by atoms with Gasteiger partial charge in [-0.25, -0.2) is 24.9 Å². The fraction of sp³-hybridized carbons (Fsp3) is 0.111. The van der Waals surface area contributed by atoms with Crippen LogP contribution in [0.1, 0.15) is 55.7 Å². The van der Waals surface area contributed by atoms with Gasteiger partial charge in [0.1, 0.15) is 0 Å². The number of benzene rings is 5. The van der Waals surface area contributed by atoms with Crippen LogP contribution < -0.4 is 0 Å². The minimum atomic E-state index is 0.668. The van der Waals surface area contributed by atoms with E-state index in [2.05, 4.69) is 145 Å². The van der Waals surface area contributed by atoms with Crippen molar-refractivity contribution < 1.29 is 0 Å². The van der Waals surface area contributed by atoms with Gasteiger partial charge in [0, 0.05) is 28.5 Å². The summed E-state index contributed by atoms with van der Waals surface area (Å²) in [5.74, 6) is 2.85. The lowest BCUT2D eigenvalue weighted by atomic mass is 9.94. The van der Waals surface area contributed by atoms with Crippen molar-refractivity contribution in [3.63, 3.8) is 0 Å². The van der Waals surface area contributed by atoms with Gasteiger partial charge in [0.15, 0.2) is 23.3 Å². The molecule has 1 aliphatic heterocycles. The molecule has 0 saturated carbocycles. The van der Waals surface area contributed by atoms with Gasteiger partial charge in [-0.3, -0.25) is 4.99 Å². The Bertz CT molecular complexity index is 2770. The summed E-state index contributed by atoms with van der Waals surface area (Å²) in [4.78, 5) is 30.2. The topological polar surface area (TPSA) is 76.8 Å². The lowest BCUT2D eigenvalue weighted by molar-refractivity contribution is 0.936. The summed E-state index contributed by atoms with van der Waals surface area (Å²) < 4.78 is 0. The van der Waals surface area contributed by atoms with Crippen molar-refractivity contribution in [1.82, 2.24) is 24.9 Å². The van der Waals surface area contributed by atoms with Gasteiger partial charge in [-0.1, -0.05) is 152 Å². The van der Waals surface area contributed by atoms with E-state index in [9.17, 15) is 0 Å². The standard InChI is InChI=1S/C54H42N6/c1-5-15-39(16-6-1)49-36-50(57-51(56-49)42-17-7-2-8-18-42)41-30-26-38(27-31-41)46-33-45(37-24-28-40(29-25-37)48-23-13-14-32-55-48)34-47(35-46)54-59-52(43-19-9-3-10-20-43)58-53(60-54)44-21-11-4-12-22-44/h1-9,11,15-19,21,23-36H,10,12-14,20,22H2. The van der Waals surface area contributed by atoms with Gasteiger partial charge in [0.25, 0.3) is 0 Å². The van der Waals surface area contributed by atoms with Crippen molar-refractivity contribution in [1.29, 1.82) is 0 Å². The number of allylic oxidation sites excluding steroid dienone is 9. The molecule has 6 nitrogen and oxygen atoms in total. The van der Waals surface area contributed by atoms with Gasteiger partial charge < -0.3 is 0 Å². The van der Waals surface area contributed by atoms with E-state index in [0.717, 1.165) is 128 Å². The van der Waals surface area contributed by atoms with E-state index >= 15 is 0 Å². The predicted molar refractivity (Wildman–Crippen MR) is 246 cm³/mol. The van der Waals surface area contributed by atoms with Crippen molar-refractivity contribution in [3.8, 4) is 67.5 Å². The molecule has 0 spiro atoms. The largest absolute Gasteiger partial charge is 0.261 e. The summed E-state index contributed by atoms with van der Waals surface area (Å²) in [5, 5.41) is 0. The van der Waals surface area contributed by atoms with Gasteiger partial charge >= 0.3 is 0 Å². The Kier molecular flexibility index (Phi) is 10.3. The molecule has 288 valence electrons. The first-order valence-electron chi connectivity index (χ1n) is 20.8. The number of hydrogen-bond donors (Lipinski definition) is 0. The lowest BCUT2D eigenvalue weighted by Crippen LogP contribution is -2.06. The van der Waals surface area contributed by atoms with Crippen LogP contribution >= 0.6 is 0 Å². The summed E-state index contributed by atoms with van der Waals surface area (Å²) in [6, 6.07) is 46.7. The van der Waals surface area contributed by atoms with E-state index in [-0.39, 0.29) is 0 Å². The highest BCUT2D eigenvalue weighted by molar-refractivity contribution is 5.83. The molecule has 0 N–H and O–H groups in total. The highest BCUT2D eigenvalue weighted by atomic mass is 15.0. The number of rotatable bonds is 9. The second kappa shape index (κ2) is 16.8. The van der Waals surface area contributed by atoms with Crippen LogP contribution in [-0.4, -0.2) is 31.1 Å². The third-order valence-corrected chi connectivity index (χ3v) is 11.1. The van der Waals surface area contributed by atoms with Crippen LogP contribution in [0.15, 0.2) is 181 Å². The van der Waals surface area contributed by atoms with E-state index in [1.807, 2.05) is 42.6 Å². The average Bonchev–Trinajstić information content (AvgIpc) is 3.35. The molecule has 5 aromatic carbocycles. The van der Waals surface area contributed by atoms with Crippen molar-refractivity contribution in [2.24, 2.45) is 4.99 Å². The van der Waals surface area contributed by atoms with Crippen LogP contribution in [0.5, 0.6) is 0 Å². The molecule has 0 fully saturated rings. The Balaban J connectivity index is 1.08. The molecule has 0 amide bonds. The molecule has 0 unspecified atom stereocenters. The second-order valence-electron chi connectivity index (χ2n) is 15.2. The fourth-order valence-corrected chi connectivity index (χ4v) is 7.90. The predicted octanol–water partition coefficient (Wildman–Crippen LogP) is 13.3. The molecule has 6 heteroatoms. The Labute approximate surface area is 351 Å². The summed E-state index contributed by atoms with van der Waals surface area (Å²) in [6.07, 6.45) is 22.9. The third kappa shape index (κ3) is 8.00. The van der Waals surface area contributed by atoms with Crippen LogP contribution in [0.25, 0.3) is 84.4 Å². The zero-order chi connectivity index (χ0) is 40.1. The fourth-order valence-electron chi connectivity index (χ4n) is 7.90. The van der Waals surface area contributed by atoms with E-state index in [1.54, 1.807) is 0 Å². The van der Waals surface area contributed by atoms with E-state index < -0.39 is 0 Å². The summed E-state index contributed by atoms with van der Waals surface area (Å²) in [5.41, 5.74) is 14.5. The Morgan fingerprint density at radius 3 is 1.37 bits per heavy atom. The second-order valence-corrected chi connectivity index (χ2v) is 15.2. The van der Waals surface area contributed by atoms with Gasteiger partial charge in [-0.2, -0.15) is 0 Å². The molecule has 0 atom stereocenters. The monoisotopic (exact) mass is 774 g/mol. The third-order valence-electron chi connectivity index (χ3n) is 11.1. The van der Waals surface area contributed by atoms with Crippen molar-refractivity contribution >= 4 is 23.1 Å². The Morgan fingerprint density at radius 1 is 0.350 bits per heavy atom. The van der Waals surface area contributed by atoms with Crippen LogP contribution in [-0.2, 0) is 0 Å². The smallest absolute Gasteiger partial charge is 0.164 e. The van der Waals surface area contributed by atoms with E-state index in [1.165, 1.54) is 0 Å². The lowest BCUT2D eigenvalue weighted by Gasteiger charge is -2.15. The molecule has 3 aliphatic rings. The number of aromatic nitrogens is 5. The SMILES string of the molecule is C1=CCCC(c2nc(C3=CC=CCC3)nc(-c3cc(-c4ccc(C5=CCCC=N5)cc4)cc(-c4ccc(-c5cc(-c6ccccc6)nc(-c6ccccc6)n5)cc4)c3)n2)=C1. The molecule has 7 aromatic rings. The van der Waals surface area contributed by atoms with Crippen molar-refractivity contribution in [2.75, 3.05) is 0 Å². The Morgan fingerprint density at radius 2 is 0.833 bits per heavy atom. The molecular weight excluding hydrogens is 733 g/mol. The first-order chi connectivity index (χ1) is 29.7. The number of nitrogens with zero attached hydrogens (tertiary/aromatic N) is 6. The normalized spacial score (nSPS) is 14.7. The molecule has 60 heavy (non-hydrogen) atoms. The summed E-state index contributed by atoms with van der Waals surface area (Å²) in [6.45, 7) is 0. The molecule has 0 saturated heterocycles. The van der Waals surface area contributed by atoms with Crippen LogP contribution in [0.4, 0.5) is 0 Å². The summed E-state index contributed by atoms with van der Waals surface area (Å²) in [7, 11) is 0. The first-order valence-corrected chi connectivity index (χ1v) is 20.8. The van der Waals surface area contributed by atoms with Crippen molar-refractivity contribution in [3.05, 3.63) is 193 Å². The van der Waals surface area contributed by atoms with Crippen LogP contribution in [0.3, 0.4) is 0 Å². The van der Waals surface area contributed by atoms with E-state index in [0.29, 0.717) is 11.6 Å². The molecule has 0 radical (unpaired) electrons. The molecule has 2 aromatic heterocycles. The van der Waals surface area contributed by atoms with Gasteiger partial charge in [-0.05, 0) is 102 Å². The van der Waals surface area contributed by atoms with Crippen LogP contribution in [0.2, 0.25) is 0 Å². The number of hydrogen-bond acceptors (Lipinski definition) is 6. The van der Waals surface area contributed by atoms with Gasteiger partial charge in [0.2, 0.25) is 0 Å². The highest BCUT2D eigenvalue weighted by Gasteiger charge is 2.18. The zero-order valence-corrected chi connectivity index (χ0v) is 33.2. The maximum absolute atomic E-state index is 5.18. The molecule has 0 bridgehead atoms. The highest BCUT2D eigenvalue weighted by Crippen LogP contribution is 2.36. The minimum Gasteiger partial charge on any atom is -0.261 e. The maximum Gasteiger partial charge on any atom is 0.164 e.